The molecular formula is C23H30. The summed E-state index contributed by atoms with van der Waals surface area (Å²) in [5.74, 6) is 0. The van der Waals surface area contributed by atoms with Crippen molar-refractivity contribution in [3.63, 3.8) is 0 Å². The van der Waals surface area contributed by atoms with E-state index in [-0.39, 0.29) is 14.9 Å². The van der Waals surface area contributed by atoms with E-state index in [0.717, 1.165) is 6.42 Å². The van der Waals surface area contributed by atoms with Crippen molar-refractivity contribution in [1.29, 1.82) is 0 Å². The summed E-state index contributed by atoms with van der Waals surface area (Å²) in [5.41, 5.74) is 8.46. The minimum atomic E-state index is 0. The van der Waals surface area contributed by atoms with Gasteiger partial charge in [-0.3, -0.25) is 0 Å². The van der Waals surface area contributed by atoms with Gasteiger partial charge in [0, 0.05) is 0 Å². The predicted molar refractivity (Wildman–Crippen MR) is 106 cm³/mol. The summed E-state index contributed by atoms with van der Waals surface area (Å²) in [6, 6.07) is 18.1. The van der Waals surface area contributed by atoms with Gasteiger partial charge in [-0.2, -0.15) is 0 Å². The molecule has 0 amide bonds. The fraction of sp³-hybridized carbons (Fsp3) is 0.304. The molecule has 0 bridgehead atoms. The van der Waals surface area contributed by atoms with Crippen LogP contribution in [0.25, 0.3) is 21.9 Å². The van der Waals surface area contributed by atoms with Gasteiger partial charge in [0.25, 0.3) is 0 Å². The number of hydrogen-bond donors (Lipinski definition) is 0. The van der Waals surface area contributed by atoms with E-state index in [9.17, 15) is 0 Å². The summed E-state index contributed by atoms with van der Waals surface area (Å²) in [7, 11) is 0. The first-order chi connectivity index (χ1) is 10.2. The second kappa shape index (κ2) is 7.46. The Kier molecular flexibility index (Phi) is 6.15. The van der Waals surface area contributed by atoms with Gasteiger partial charge in [-0.15, -0.1) is 0 Å². The highest BCUT2D eigenvalue weighted by molar-refractivity contribution is 6.03. The fourth-order valence-electron chi connectivity index (χ4n) is 3.33. The van der Waals surface area contributed by atoms with Crippen LogP contribution in [0, 0.1) is 13.8 Å². The molecule has 0 nitrogen and oxygen atoms in total. The van der Waals surface area contributed by atoms with Crippen LogP contribution in [0.3, 0.4) is 0 Å². The van der Waals surface area contributed by atoms with Crippen molar-refractivity contribution in [2.24, 2.45) is 0 Å². The van der Waals surface area contributed by atoms with Gasteiger partial charge in [0.15, 0.2) is 0 Å². The third-order valence-electron chi connectivity index (χ3n) is 4.28. The van der Waals surface area contributed by atoms with Crippen LogP contribution in [0.5, 0.6) is 0 Å². The first-order valence-electron chi connectivity index (χ1n) is 7.85. The van der Waals surface area contributed by atoms with Gasteiger partial charge < -0.3 is 0 Å². The van der Waals surface area contributed by atoms with Crippen molar-refractivity contribution < 1.29 is 0 Å². The lowest BCUT2D eigenvalue weighted by molar-refractivity contribution is 1.18. The predicted octanol–water partition coefficient (Wildman–Crippen LogP) is 7.33. The Balaban J connectivity index is 0.000000638. The van der Waals surface area contributed by atoms with Crippen molar-refractivity contribution in [3.8, 4) is 11.1 Å². The highest BCUT2D eigenvalue weighted by Crippen LogP contribution is 2.40. The van der Waals surface area contributed by atoms with E-state index < -0.39 is 0 Å². The third kappa shape index (κ3) is 3.03. The molecule has 0 heteroatoms. The lowest BCUT2D eigenvalue weighted by Gasteiger charge is -2.22. The fourth-order valence-corrected chi connectivity index (χ4v) is 3.33. The van der Waals surface area contributed by atoms with Crippen molar-refractivity contribution in [3.05, 3.63) is 70.8 Å². The third-order valence-corrected chi connectivity index (χ3v) is 4.28. The summed E-state index contributed by atoms with van der Waals surface area (Å²) in [6.45, 7) is 8.37. The van der Waals surface area contributed by atoms with E-state index in [1.54, 1.807) is 0 Å². The normalized spacial score (nSPS) is 10.6. The van der Waals surface area contributed by atoms with Crippen molar-refractivity contribution in [1.82, 2.24) is 0 Å². The molecule has 0 unspecified atom stereocenters. The minimum absolute atomic E-state index is 0. The first-order valence-corrected chi connectivity index (χ1v) is 7.85. The van der Waals surface area contributed by atoms with E-state index in [2.05, 4.69) is 62.4 Å². The number of aryl methyl sites for hydroxylation is 2. The number of fused-ring (bicyclic) bond motifs is 2. The molecule has 0 aromatic heterocycles. The van der Waals surface area contributed by atoms with E-state index in [0.29, 0.717) is 0 Å². The molecule has 0 saturated heterocycles. The number of rotatable bonds is 0. The molecule has 0 saturated carbocycles. The second-order valence-electron chi connectivity index (χ2n) is 5.61. The molecule has 3 aromatic rings. The molecular weight excluding hydrogens is 276 g/mol. The summed E-state index contributed by atoms with van der Waals surface area (Å²) in [5, 5.41) is 2.86. The molecule has 0 atom stereocenters. The van der Waals surface area contributed by atoms with Crippen LogP contribution in [0.1, 0.15) is 51.0 Å². The van der Waals surface area contributed by atoms with Crippen LogP contribution < -0.4 is 0 Å². The largest absolute Gasteiger partial charge is 0.0776 e. The zero-order valence-corrected chi connectivity index (χ0v) is 13.3. The van der Waals surface area contributed by atoms with Gasteiger partial charge in [0.2, 0.25) is 0 Å². The average molecular weight is 306 g/mol. The maximum absolute atomic E-state index is 2.33. The molecule has 0 spiro atoms. The molecule has 1 aliphatic rings. The number of benzene rings is 3. The van der Waals surface area contributed by atoms with Gasteiger partial charge in [-0.05, 0) is 58.9 Å². The molecule has 3 aromatic carbocycles. The molecule has 0 N–H and O–H groups in total. The van der Waals surface area contributed by atoms with Crippen LogP contribution in [-0.4, -0.2) is 0 Å². The lowest BCUT2D eigenvalue weighted by atomic mass is 9.82. The molecule has 0 heterocycles. The first kappa shape index (κ1) is 19.0. The molecule has 1 aliphatic carbocycles. The van der Waals surface area contributed by atoms with E-state index in [4.69, 9.17) is 0 Å². The summed E-state index contributed by atoms with van der Waals surface area (Å²) >= 11 is 0. The van der Waals surface area contributed by atoms with Crippen LogP contribution >= 0.6 is 0 Å². The topological polar surface area (TPSA) is 0 Å². The smallest absolute Gasteiger partial charge is 0.00131 e. The lowest BCUT2D eigenvalue weighted by Crippen LogP contribution is -2.02. The Bertz CT molecular complexity index is 810. The van der Waals surface area contributed by atoms with Gasteiger partial charge >= 0.3 is 0 Å². The van der Waals surface area contributed by atoms with Gasteiger partial charge in [-0.25, -0.2) is 0 Å². The maximum atomic E-state index is 2.33. The Labute approximate surface area is 142 Å². The second-order valence-corrected chi connectivity index (χ2v) is 5.61. The quantitative estimate of drug-likeness (QED) is 0.319. The van der Waals surface area contributed by atoms with Gasteiger partial charge in [0.1, 0.15) is 0 Å². The maximum Gasteiger partial charge on any atom is -0.00131 e. The average Bonchev–Trinajstić information content (AvgIpc) is 2.52. The summed E-state index contributed by atoms with van der Waals surface area (Å²) in [6.07, 6.45) is 1.06. The minimum Gasteiger partial charge on any atom is -0.0776 e. The van der Waals surface area contributed by atoms with Crippen molar-refractivity contribution in [2.45, 2.75) is 49.0 Å². The Morgan fingerprint density at radius 1 is 0.739 bits per heavy atom. The van der Waals surface area contributed by atoms with Crippen molar-refractivity contribution >= 4 is 10.8 Å². The molecule has 0 aliphatic heterocycles. The Morgan fingerprint density at radius 2 is 1.48 bits per heavy atom. The summed E-state index contributed by atoms with van der Waals surface area (Å²) < 4.78 is 0. The summed E-state index contributed by atoms with van der Waals surface area (Å²) in [4.78, 5) is 0. The Morgan fingerprint density at radius 3 is 2.22 bits per heavy atom. The SMILES string of the molecule is C.C.CC.Cc1ccc2c(c1)Cc1ccc(C)c3cccc-2c13. The molecule has 122 valence electrons. The van der Waals surface area contributed by atoms with Crippen LogP contribution in [0.2, 0.25) is 0 Å². The van der Waals surface area contributed by atoms with Crippen molar-refractivity contribution in [2.75, 3.05) is 0 Å². The van der Waals surface area contributed by atoms with Gasteiger partial charge in [0.05, 0.1) is 0 Å². The number of hydrogen-bond acceptors (Lipinski definition) is 0. The molecule has 0 radical (unpaired) electrons. The molecule has 4 rings (SSSR count). The van der Waals surface area contributed by atoms with E-state index in [1.807, 2.05) is 13.8 Å². The van der Waals surface area contributed by atoms with Crippen LogP contribution in [0.4, 0.5) is 0 Å². The molecule has 23 heavy (non-hydrogen) atoms. The van der Waals surface area contributed by atoms with Crippen LogP contribution in [0.15, 0.2) is 48.5 Å². The molecule has 0 fully saturated rings. The van der Waals surface area contributed by atoms with Crippen LogP contribution in [-0.2, 0) is 6.42 Å². The van der Waals surface area contributed by atoms with Gasteiger partial charge in [-0.1, -0.05) is 82.8 Å². The zero-order chi connectivity index (χ0) is 15.0. The Hall–Kier alpha value is -2.08. The highest BCUT2D eigenvalue weighted by Gasteiger charge is 2.18. The van der Waals surface area contributed by atoms with E-state index >= 15 is 0 Å². The van der Waals surface area contributed by atoms with E-state index in [1.165, 1.54) is 44.2 Å². The standard InChI is InChI=1S/C19H16.C2H6.2CH4/c1-12-6-9-17-15(10-12)11-14-8-7-13(2)16-4-3-5-18(17)19(14)16;1-2;;/h3-10H,11H2,1-2H3;1-2H3;2*1H4. The monoisotopic (exact) mass is 306 g/mol. The highest BCUT2D eigenvalue weighted by atomic mass is 14.2. The zero-order valence-electron chi connectivity index (χ0n) is 13.3.